The first kappa shape index (κ1) is 14.2. The number of carbonyl (C=O) groups is 1. The van der Waals surface area contributed by atoms with Crippen molar-refractivity contribution in [1.29, 1.82) is 0 Å². The molecule has 6 heteroatoms. The van der Waals surface area contributed by atoms with Crippen molar-refractivity contribution in [3.63, 3.8) is 0 Å². The lowest BCUT2D eigenvalue weighted by molar-refractivity contribution is -0.147. The summed E-state index contributed by atoms with van der Waals surface area (Å²) in [6, 6.07) is 0. The van der Waals surface area contributed by atoms with Crippen molar-refractivity contribution >= 4 is 5.97 Å². The van der Waals surface area contributed by atoms with Crippen LogP contribution in [0.3, 0.4) is 0 Å². The van der Waals surface area contributed by atoms with Gasteiger partial charge in [0.15, 0.2) is 0 Å². The smallest absolute Gasteiger partial charge is 0.390 e. The van der Waals surface area contributed by atoms with Gasteiger partial charge < -0.3 is 10.4 Å². The van der Waals surface area contributed by atoms with E-state index in [1.165, 1.54) is 6.92 Å². The molecule has 1 atom stereocenters. The zero-order chi connectivity index (χ0) is 12.1. The van der Waals surface area contributed by atoms with Crippen LogP contribution >= 0.6 is 0 Å². The molecule has 0 aromatic carbocycles. The number of alkyl halides is 3. The topological polar surface area (TPSA) is 49.3 Å². The first-order chi connectivity index (χ1) is 6.71. The van der Waals surface area contributed by atoms with E-state index in [4.69, 9.17) is 5.11 Å². The maximum Gasteiger partial charge on any atom is 0.390 e. The second kappa shape index (κ2) is 5.34. The number of hydrogen-bond acceptors (Lipinski definition) is 2. The predicted octanol–water partition coefficient (Wildman–Crippen LogP) is 2.17. The van der Waals surface area contributed by atoms with Crippen LogP contribution in [0, 0.1) is 0 Å². The summed E-state index contributed by atoms with van der Waals surface area (Å²) >= 11 is 0. The summed E-state index contributed by atoms with van der Waals surface area (Å²) in [5.74, 6) is -1.12. The lowest BCUT2D eigenvalue weighted by Crippen LogP contribution is -2.50. The molecule has 0 aromatic rings. The van der Waals surface area contributed by atoms with Crippen molar-refractivity contribution in [2.24, 2.45) is 0 Å². The Morgan fingerprint density at radius 3 is 2.20 bits per heavy atom. The summed E-state index contributed by atoms with van der Waals surface area (Å²) in [5.41, 5.74) is -1.26. The lowest BCUT2D eigenvalue weighted by atomic mass is 9.96. The molecule has 2 N–H and O–H groups in total. The van der Waals surface area contributed by atoms with Crippen molar-refractivity contribution in [3.05, 3.63) is 0 Å². The van der Waals surface area contributed by atoms with Crippen LogP contribution in [-0.4, -0.2) is 29.3 Å². The molecule has 0 amide bonds. The van der Waals surface area contributed by atoms with Crippen molar-refractivity contribution in [3.8, 4) is 0 Å². The number of nitrogens with one attached hydrogen (secondary N) is 1. The summed E-state index contributed by atoms with van der Waals surface area (Å²) in [5, 5.41) is 11.3. The van der Waals surface area contributed by atoms with Crippen LogP contribution in [0.1, 0.15) is 33.1 Å². The third-order valence-corrected chi connectivity index (χ3v) is 2.15. The molecule has 0 aromatic heterocycles. The number of hydrogen-bond donors (Lipinski definition) is 2. The van der Waals surface area contributed by atoms with Gasteiger partial charge in [-0.3, -0.25) is 4.79 Å². The van der Waals surface area contributed by atoms with E-state index in [2.05, 4.69) is 5.32 Å². The molecule has 0 aliphatic rings. The first-order valence-corrected chi connectivity index (χ1v) is 4.76. The van der Waals surface area contributed by atoms with Gasteiger partial charge in [-0.25, -0.2) is 0 Å². The highest BCUT2D eigenvalue weighted by atomic mass is 19.4. The molecule has 0 saturated heterocycles. The molecule has 0 saturated carbocycles. The average molecular weight is 227 g/mol. The molecule has 0 radical (unpaired) electrons. The van der Waals surface area contributed by atoms with Gasteiger partial charge in [-0.1, -0.05) is 13.3 Å². The second-order valence-corrected chi connectivity index (χ2v) is 3.68. The summed E-state index contributed by atoms with van der Waals surface area (Å²) in [6.07, 6.45) is -4.36. The molecular weight excluding hydrogens is 211 g/mol. The van der Waals surface area contributed by atoms with Crippen molar-refractivity contribution in [1.82, 2.24) is 5.32 Å². The Kier molecular flexibility index (Phi) is 5.07. The highest BCUT2D eigenvalue weighted by Crippen LogP contribution is 2.20. The molecule has 3 nitrogen and oxygen atoms in total. The highest BCUT2D eigenvalue weighted by Gasteiger charge is 2.33. The Hall–Kier alpha value is -0.780. The van der Waals surface area contributed by atoms with E-state index in [1.807, 2.05) is 0 Å². The maximum atomic E-state index is 11.8. The Balaban J connectivity index is 4.14. The Bertz CT molecular complexity index is 218. The molecule has 0 fully saturated rings. The zero-order valence-electron chi connectivity index (χ0n) is 8.82. The predicted molar refractivity (Wildman–Crippen MR) is 49.6 cm³/mol. The molecule has 0 bridgehead atoms. The van der Waals surface area contributed by atoms with Crippen LogP contribution in [0.25, 0.3) is 0 Å². The first-order valence-electron chi connectivity index (χ1n) is 4.76. The van der Waals surface area contributed by atoms with Crippen LogP contribution in [0.15, 0.2) is 0 Å². The standard InChI is InChI=1S/C9H16F3NO2/c1-3-4-8(2,7(14)15)13-6-5-9(10,11)12/h13H,3-6H2,1-2H3,(H,14,15). The van der Waals surface area contributed by atoms with Crippen LogP contribution in [-0.2, 0) is 4.79 Å². The number of rotatable bonds is 6. The lowest BCUT2D eigenvalue weighted by Gasteiger charge is -2.26. The van der Waals surface area contributed by atoms with Gasteiger partial charge in [-0.2, -0.15) is 13.2 Å². The van der Waals surface area contributed by atoms with Gasteiger partial charge in [-0.15, -0.1) is 0 Å². The third kappa shape index (κ3) is 5.61. The fraction of sp³-hybridized carbons (Fsp3) is 0.889. The van der Waals surface area contributed by atoms with Gasteiger partial charge in [-0.05, 0) is 13.3 Å². The summed E-state index contributed by atoms with van der Waals surface area (Å²) in [6.45, 7) is 2.81. The Morgan fingerprint density at radius 2 is 1.87 bits per heavy atom. The van der Waals surface area contributed by atoms with E-state index in [0.717, 1.165) is 0 Å². The van der Waals surface area contributed by atoms with Crippen molar-refractivity contribution < 1.29 is 23.1 Å². The second-order valence-electron chi connectivity index (χ2n) is 3.68. The molecule has 15 heavy (non-hydrogen) atoms. The van der Waals surface area contributed by atoms with Crippen molar-refractivity contribution in [2.45, 2.75) is 44.8 Å². The summed E-state index contributed by atoms with van der Waals surface area (Å²) < 4.78 is 35.5. The Morgan fingerprint density at radius 1 is 1.33 bits per heavy atom. The quantitative estimate of drug-likeness (QED) is 0.731. The molecule has 90 valence electrons. The van der Waals surface area contributed by atoms with Crippen molar-refractivity contribution in [2.75, 3.05) is 6.54 Å². The molecule has 0 spiro atoms. The number of carboxylic acids is 1. The van der Waals surface area contributed by atoms with Gasteiger partial charge in [0.25, 0.3) is 0 Å². The van der Waals surface area contributed by atoms with Crippen LogP contribution in [0.2, 0.25) is 0 Å². The normalized spacial score (nSPS) is 16.1. The SMILES string of the molecule is CCCC(C)(NCCC(F)(F)F)C(=O)O. The minimum atomic E-state index is -4.25. The zero-order valence-corrected chi connectivity index (χ0v) is 8.82. The average Bonchev–Trinajstić information content (AvgIpc) is 2.01. The molecule has 0 rings (SSSR count). The number of aliphatic carboxylic acids is 1. The van der Waals surface area contributed by atoms with Gasteiger partial charge in [0, 0.05) is 6.54 Å². The molecule has 0 aliphatic carbocycles. The number of carboxylic acid groups (broad SMARTS) is 1. The fourth-order valence-electron chi connectivity index (χ4n) is 1.25. The van der Waals surface area contributed by atoms with Crippen LogP contribution in [0.4, 0.5) is 13.2 Å². The minimum absolute atomic E-state index is 0.306. The van der Waals surface area contributed by atoms with E-state index >= 15 is 0 Å². The molecule has 0 aliphatic heterocycles. The largest absolute Gasteiger partial charge is 0.480 e. The highest BCUT2D eigenvalue weighted by molar-refractivity contribution is 5.78. The van der Waals surface area contributed by atoms with Gasteiger partial charge in [0.05, 0.1) is 6.42 Å². The monoisotopic (exact) mass is 227 g/mol. The van der Waals surface area contributed by atoms with Gasteiger partial charge in [0.2, 0.25) is 0 Å². The minimum Gasteiger partial charge on any atom is -0.480 e. The summed E-state index contributed by atoms with van der Waals surface area (Å²) in [4.78, 5) is 10.8. The van der Waals surface area contributed by atoms with Gasteiger partial charge >= 0.3 is 12.1 Å². The number of halogens is 3. The van der Waals surface area contributed by atoms with Crippen LogP contribution < -0.4 is 5.32 Å². The van der Waals surface area contributed by atoms with E-state index in [0.29, 0.717) is 12.8 Å². The van der Waals surface area contributed by atoms with E-state index in [9.17, 15) is 18.0 Å². The van der Waals surface area contributed by atoms with E-state index in [1.54, 1.807) is 6.92 Å². The maximum absolute atomic E-state index is 11.8. The molecule has 1 unspecified atom stereocenters. The summed E-state index contributed by atoms with van der Waals surface area (Å²) in [7, 11) is 0. The Labute approximate surface area is 86.7 Å². The third-order valence-electron chi connectivity index (χ3n) is 2.15. The van der Waals surface area contributed by atoms with Gasteiger partial charge in [0.1, 0.15) is 5.54 Å². The molecule has 0 heterocycles. The fourth-order valence-corrected chi connectivity index (χ4v) is 1.25. The van der Waals surface area contributed by atoms with E-state index in [-0.39, 0.29) is 6.54 Å². The van der Waals surface area contributed by atoms with Crippen LogP contribution in [0.5, 0.6) is 0 Å². The molecular formula is C9H16F3NO2. The van der Waals surface area contributed by atoms with E-state index < -0.39 is 24.1 Å².